The number of carbonyl (C=O) groups is 1. The third-order valence-corrected chi connectivity index (χ3v) is 5.34. The monoisotopic (exact) mass is 398 g/mol. The molecule has 9 nitrogen and oxygen atoms in total. The smallest absolute Gasteiger partial charge is 0.280 e. The summed E-state index contributed by atoms with van der Waals surface area (Å²) in [5, 5.41) is 12.3. The first kappa shape index (κ1) is 17.8. The molecule has 0 spiro atoms. The van der Waals surface area contributed by atoms with Gasteiger partial charge in [-0.1, -0.05) is 10.4 Å². The van der Waals surface area contributed by atoms with Crippen molar-refractivity contribution in [1.82, 2.24) is 30.0 Å². The van der Waals surface area contributed by atoms with Gasteiger partial charge in [0.2, 0.25) is 0 Å². The zero-order valence-electron chi connectivity index (χ0n) is 15.8. The molecule has 3 heterocycles. The van der Waals surface area contributed by atoms with E-state index in [1.807, 2.05) is 0 Å². The van der Waals surface area contributed by atoms with Crippen LogP contribution in [0.5, 0.6) is 5.75 Å². The summed E-state index contributed by atoms with van der Waals surface area (Å²) in [5.74, 6) is 0.818. The highest BCUT2D eigenvalue weighted by Crippen LogP contribution is 2.38. The first-order chi connectivity index (χ1) is 14.1. The molecule has 150 valence electrons. The summed E-state index contributed by atoms with van der Waals surface area (Å²) in [7, 11) is 1.39. The molecule has 1 aliphatic carbocycles. The molecular weight excluding hydrogens is 379 g/mol. The molecule has 1 aliphatic heterocycles. The van der Waals surface area contributed by atoms with Crippen molar-refractivity contribution in [3.8, 4) is 17.3 Å². The van der Waals surface area contributed by atoms with Gasteiger partial charge in [0.15, 0.2) is 23.1 Å². The lowest BCUT2D eigenvalue weighted by atomic mass is 10.2. The van der Waals surface area contributed by atoms with E-state index in [9.17, 15) is 9.18 Å². The maximum atomic E-state index is 13.9. The predicted octanol–water partition coefficient (Wildman–Crippen LogP) is 2.44. The summed E-state index contributed by atoms with van der Waals surface area (Å²) < 4.78 is 25.8. The number of hydrogen-bond donors (Lipinski definition) is 0. The Morgan fingerprint density at radius 2 is 2.17 bits per heavy atom. The average Bonchev–Trinajstić information content (AvgIpc) is 3.16. The van der Waals surface area contributed by atoms with E-state index >= 15 is 0 Å². The molecule has 2 fully saturated rings. The number of nitrogens with zero attached hydrogens (tertiary/aromatic N) is 6. The molecule has 5 rings (SSSR count). The number of likely N-dealkylation sites (tertiary alicyclic amines) is 1. The summed E-state index contributed by atoms with van der Waals surface area (Å²) >= 11 is 0. The van der Waals surface area contributed by atoms with Crippen molar-refractivity contribution in [1.29, 1.82) is 0 Å². The van der Waals surface area contributed by atoms with Gasteiger partial charge in [0.1, 0.15) is 0 Å². The van der Waals surface area contributed by atoms with Crippen molar-refractivity contribution in [3.63, 3.8) is 0 Å². The Morgan fingerprint density at radius 3 is 2.93 bits per heavy atom. The van der Waals surface area contributed by atoms with Gasteiger partial charge in [0, 0.05) is 24.6 Å². The SMILES string of the molecule is COc1ccc(C(=O)N2CC[C@H](n3cc(-c4nc(C5CC5)no4)nn3)C2)cc1F. The standard InChI is InChI=1S/C19H19FN6O3/c1-28-16-5-4-12(8-14(16)20)19(27)25-7-6-13(9-25)26-10-15(22-24-26)18-21-17(23-29-18)11-2-3-11/h4-5,8,10-11,13H,2-3,6-7,9H2,1H3/t13-/m0/s1. The topological polar surface area (TPSA) is 99.2 Å². The van der Waals surface area contributed by atoms with E-state index in [1.54, 1.807) is 21.8 Å². The molecule has 1 saturated heterocycles. The van der Waals surface area contributed by atoms with Crippen LogP contribution in [0.1, 0.15) is 47.4 Å². The van der Waals surface area contributed by atoms with Crippen LogP contribution < -0.4 is 4.74 Å². The van der Waals surface area contributed by atoms with Crippen LogP contribution in [0, 0.1) is 5.82 Å². The highest BCUT2D eigenvalue weighted by Gasteiger charge is 2.31. The maximum absolute atomic E-state index is 13.9. The number of ether oxygens (including phenoxy) is 1. The van der Waals surface area contributed by atoms with E-state index in [0.717, 1.165) is 25.1 Å². The number of hydrogen-bond acceptors (Lipinski definition) is 7. The lowest BCUT2D eigenvalue weighted by Crippen LogP contribution is -2.29. The van der Waals surface area contributed by atoms with E-state index in [0.29, 0.717) is 36.2 Å². The first-order valence-electron chi connectivity index (χ1n) is 9.51. The molecule has 1 atom stereocenters. The van der Waals surface area contributed by atoms with E-state index in [2.05, 4.69) is 20.5 Å². The first-order valence-corrected chi connectivity index (χ1v) is 9.51. The third-order valence-electron chi connectivity index (χ3n) is 5.34. The molecule has 0 bridgehead atoms. The Bertz CT molecular complexity index is 1060. The fraction of sp³-hybridized carbons (Fsp3) is 0.421. The maximum Gasteiger partial charge on any atom is 0.280 e. The Labute approximate surface area is 165 Å². The normalized spacial score (nSPS) is 19.0. The van der Waals surface area contributed by atoms with Crippen LogP contribution in [0.4, 0.5) is 4.39 Å². The Kier molecular flexibility index (Phi) is 4.26. The number of amides is 1. The van der Waals surface area contributed by atoms with Crippen LogP contribution in [0.15, 0.2) is 28.9 Å². The fourth-order valence-electron chi connectivity index (χ4n) is 3.52. The van der Waals surface area contributed by atoms with E-state index in [1.165, 1.54) is 19.2 Å². The number of carbonyl (C=O) groups excluding carboxylic acids is 1. The Balaban J connectivity index is 1.27. The predicted molar refractivity (Wildman–Crippen MR) is 97.8 cm³/mol. The van der Waals surface area contributed by atoms with E-state index < -0.39 is 5.82 Å². The second-order valence-corrected chi connectivity index (χ2v) is 7.36. The van der Waals surface area contributed by atoms with Crippen LogP contribution in [-0.2, 0) is 0 Å². The number of halogens is 1. The minimum Gasteiger partial charge on any atom is -0.494 e. The molecule has 0 radical (unpaired) electrons. The second-order valence-electron chi connectivity index (χ2n) is 7.36. The van der Waals surface area contributed by atoms with Gasteiger partial charge in [0.25, 0.3) is 11.8 Å². The minimum absolute atomic E-state index is 0.0193. The number of benzene rings is 1. The van der Waals surface area contributed by atoms with Gasteiger partial charge in [-0.25, -0.2) is 9.07 Å². The lowest BCUT2D eigenvalue weighted by molar-refractivity contribution is 0.0786. The summed E-state index contributed by atoms with van der Waals surface area (Å²) in [6.07, 6.45) is 4.67. The van der Waals surface area contributed by atoms with Gasteiger partial charge in [-0.05, 0) is 37.5 Å². The van der Waals surface area contributed by atoms with Crippen molar-refractivity contribution < 1.29 is 18.4 Å². The summed E-state index contributed by atoms with van der Waals surface area (Å²) in [5.41, 5.74) is 0.813. The number of aromatic nitrogens is 5. The zero-order chi connectivity index (χ0) is 20.0. The van der Waals surface area contributed by atoms with Crippen molar-refractivity contribution in [2.75, 3.05) is 20.2 Å². The van der Waals surface area contributed by atoms with Gasteiger partial charge in [-0.15, -0.1) is 5.10 Å². The summed E-state index contributed by atoms with van der Waals surface area (Å²) in [4.78, 5) is 18.8. The molecule has 10 heteroatoms. The van der Waals surface area contributed by atoms with Gasteiger partial charge < -0.3 is 14.2 Å². The van der Waals surface area contributed by atoms with Crippen LogP contribution >= 0.6 is 0 Å². The number of rotatable bonds is 5. The zero-order valence-corrected chi connectivity index (χ0v) is 15.8. The van der Waals surface area contributed by atoms with Crippen LogP contribution in [-0.4, -0.2) is 56.1 Å². The van der Waals surface area contributed by atoms with Gasteiger partial charge >= 0.3 is 0 Å². The molecule has 2 aliphatic rings. The molecule has 1 amide bonds. The van der Waals surface area contributed by atoms with Crippen molar-refractivity contribution in [3.05, 3.63) is 41.6 Å². The molecule has 1 saturated carbocycles. The molecule has 0 unspecified atom stereocenters. The quantitative estimate of drug-likeness (QED) is 0.651. The van der Waals surface area contributed by atoms with Crippen molar-refractivity contribution >= 4 is 5.91 Å². The summed E-state index contributed by atoms with van der Waals surface area (Å²) in [6.45, 7) is 1.02. The third kappa shape index (κ3) is 3.34. The second kappa shape index (κ2) is 6.94. The molecule has 0 N–H and O–H groups in total. The minimum atomic E-state index is -0.555. The molecule has 3 aromatic rings. The lowest BCUT2D eigenvalue weighted by Gasteiger charge is -2.17. The Hall–Kier alpha value is -3.30. The summed E-state index contributed by atoms with van der Waals surface area (Å²) in [6, 6.07) is 4.21. The van der Waals surface area contributed by atoms with Crippen LogP contribution in [0.25, 0.3) is 11.6 Å². The largest absolute Gasteiger partial charge is 0.494 e. The molecule has 29 heavy (non-hydrogen) atoms. The van der Waals surface area contributed by atoms with E-state index in [-0.39, 0.29) is 17.7 Å². The van der Waals surface area contributed by atoms with E-state index in [4.69, 9.17) is 9.26 Å². The molecule has 2 aromatic heterocycles. The average molecular weight is 398 g/mol. The molecular formula is C19H19FN6O3. The highest BCUT2D eigenvalue weighted by molar-refractivity contribution is 5.94. The van der Waals surface area contributed by atoms with Gasteiger partial charge in [0.05, 0.1) is 19.3 Å². The van der Waals surface area contributed by atoms with Gasteiger partial charge in [-0.3, -0.25) is 4.79 Å². The van der Waals surface area contributed by atoms with Gasteiger partial charge in [-0.2, -0.15) is 4.98 Å². The van der Waals surface area contributed by atoms with Crippen LogP contribution in [0.3, 0.4) is 0 Å². The molecule has 1 aromatic carbocycles. The van der Waals surface area contributed by atoms with Crippen molar-refractivity contribution in [2.24, 2.45) is 0 Å². The highest BCUT2D eigenvalue weighted by atomic mass is 19.1. The Morgan fingerprint density at radius 1 is 1.31 bits per heavy atom. The fourth-order valence-corrected chi connectivity index (χ4v) is 3.52. The number of methoxy groups -OCH3 is 1. The van der Waals surface area contributed by atoms with Crippen molar-refractivity contribution in [2.45, 2.75) is 31.2 Å². The van der Waals surface area contributed by atoms with Crippen LogP contribution in [0.2, 0.25) is 0 Å².